The zero-order valence-corrected chi connectivity index (χ0v) is 22.3. The van der Waals surface area contributed by atoms with Crippen LogP contribution in [0.3, 0.4) is 0 Å². The molecule has 0 aromatic heterocycles. The van der Waals surface area contributed by atoms with Crippen LogP contribution in [-0.4, -0.2) is 79.8 Å². The van der Waals surface area contributed by atoms with Gasteiger partial charge in [-0.1, -0.05) is 0 Å². The van der Waals surface area contributed by atoms with Crippen molar-refractivity contribution >= 4 is 28.9 Å². The molecule has 7 N–H and O–H groups in total. The normalized spacial score (nSPS) is 27.8. The zero-order valence-electron chi connectivity index (χ0n) is 22.3. The highest BCUT2D eigenvalue weighted by Crippen LogP contribution is 2.52. The minimum Gasteiger partial charge on any atom is -0.508 e. The van der Waals surface area contributed by atoms with Gasteiger partial charge in [0.25, 0.3) is 5.91 Å². The number of hydrogen-bond donors (Lipinski definition) is 6. The van der Waals surface area contributed by atoms with Crippen molar-refractivity contribution in [3.05, 3.63) is 45.7 Å². The number of benzene rings is 1. The van der Waals surface area contributed by atoms with Crippen molar-refractivity contribution in [2.24, 2.45) is 22.7 Å². The summed E-state index contributed by atoms with van der Waals surface area (Å²) >= 11 is 0. The summed E-state index contributed by atoms with van der Waals surface area (Å²) in [5.41, 5.74) is 6.24. The Balaban J connectivity index is 1.93. The van der Waals surface area contributed by atoms with E-state index in [2.05, 4.69) is 10.5 Å². The zero-order chi connectivity index (χ0) is 28.5. The molecule has 0 aliphatic heterocycles. The number of aliphatic hydroxyl groups is 3. The van der Waals surface area contributed by atoms with Crippen LogP contribution in [0.1, 0.15) is 50.8 Å². The van der Waals surface area contributed by atoms with Crippen LogP contribution < -0.4 is 11.2 Å². The highest BCUT2D eigenvalue weighted by molar-refractivity contribution is 6.24. The molecule has 1 aromatic carbocycles. The summed E-state index contributed by atoms with van der Waals surface area (Å²) in [4.78, 5) is 40.6. The van der Waals surface area contributed by atoms with E-state index in [1.165, 1.54) is 11.0 Å². The van der Waals surface area contributed by atoms with E-state index in [-0.39, 0.29) is 35.3 Å². The summed E-state index contributed by atoms with van der Waals surface area (Å²) < 4.78 is 0. The number of phenolic OH excluding ortho intramolecular Hbond substituents is 1. The van der Waals surface area contributed by atoms with Gasteiger partial charge in [0.2, 0.25) is 5.78 Å². The van der Waals surface area contributed by atoms with Crippen molar-refractivity contribution in [2.45, 2.75) is 57.7 Å². The van der Waals surface area contributed by atoms with E-state index in [0.717, 1.165) is 0 Å². The number of nitrogens with one attached hydrogen (secondary N) is 1. The molecule has 1 aromatic rings. The standard InChI is InChI=1S/C27H34N4O7/c1-11(29-30-26(2,3)4)13-7-8-16(32)18-14(13)9-12-10-15-20(31(5)6)22(34)19(25(28)37)24(36)27(15,38)23(35)17(12)21(18)33/h7-8,12,15,20,30,32-33,36,38H,9-10H2,1-6H3,(H2,28,37)/b29-11+/t12-,15-,20-,27-/m0/s1. The molecule has 0 bridgehead atoms. The first kappa shape index (κ1) is 27.3. The van der Waals surface area contributed by atoms with Gasteiger partial charge in [-0.25, -0.2) is 0 Å². The van der Waals surface area contributed by atoms with Crippen molar-refractivity contribution < 1.29 is 34.8 Å². The summed E-state index contributed by atoms with van der Waals surface area (Å²) in [6, 6.07) is 1.93. The lowest BCUT2D eigenvalue weighted by atomic mass is 9.57. The number of hydrazone groups is 1. The summed E-state index contributed by atoms with van der Waals surface area (Å²) in [5.74, 6) is -6.78. The minimum atomic E-state index is -2.66. The molecule has 38 heavy (non-hydrogen) atoms. The second-order valence-corrected chi connectivity index (χ2v) is 11.5. The van der Waals surface area contributed by atoms with Crippen LogP contribution in [0, 0.1) is 11.8 Å². The van der Waals surface area contributed by atoms with E-state index in [9.17, 15) is 34.8 Å². The number of primary amides is 1. The third-order valence-electron chi connectivity index (χ3n) is 7.55. The quantitative estimate of drug-likeness (QED) is 0.190. The first-order valence-electron chi connectivity index (χ1n) is 12.3. The molecular formula is C27H34N4O7. The van der Waals surface area contributed by atoms with Gasteiger partial charge in [-0.3, -0.25) is 19.3 Å². The summed E-state index contributed by atoms with van der Waals surface area (Å²) in [5, 5.41) is 49.0. The molecule has 204 valence electrons. The molecule has 0 heterocycles. The van der Waals surface area contributed by atoms with Gasteiger partial charge in [0, 0.05) is 22.6 Å². The predicted molar refractivity (Wildman–Crippen MR) is 139 cm³/mol. The van der Waals surface area contributed by atoms with Crippen molar-refractivity contribution in [3.8, 4) is 5.75 Å². The third-order valence-corrected chi connectivity index (χ3v) is 7.55. The summed E-state index contributed by atoms with van der Waals surface area (Å²) in [6.45, 7) is 7.63. The first-order valence-corrected chi connectivity index (χ1v) is 12.3. The number of fused-ring (bicyclic) bond motifs is 3. The van der Waals surface area contributed by atoms with Crippen molar-refractivity contribution in [1.29, 1.82) is 0 Å². The summed E-state index contributed by atoms with van der Waals surface area (Å²) in [6.07, 6.45) is 0.220. The van der Waals surface area contributed by atoms with Gasteiger partial charge in [-0.05, 0) is 78.2 Å². The average Bonchev–Trinajstić information content (AvgIpc) is 2.79. The van der Waals surface area contributed by atoms with Crippen LogP contribution in [0.5, 0.6) is 5.75 Å². The van der Waals surface area contributed by atoms with Gasteiger partial charge in [-0.2, -0.15) is 5.10 Å². The largest absolute Gasteiger partial charge is 0.508 e. The fourth-order valence-electron chi connectivity index (χ4n) is 5.89. The lowest BCUT2D eigenvalue weighted by Gasteiger charge is -2.50. The smallest absolute Gasteiger partial charge is 0.255 e. The monoisotopic (exact) mass is 526 g/mol. The molecule has 0 unspecified atom stereocenters. The maximum atomic E-state index is 13.9. The average molecular weight is 527 g/mol. The summed E-state index contributed by atoms with van der Waals surface area (Å²) in [7, 11) is 3.12. The molecule has 3 aliphatic carbocycles. The number of rotatable bonds is 4. The first-order chi connectivity index (χ1) is 17.5. The molecule has 4 atom stereocenters. The Hall–Kier alpha value is -3.70. The van der Waals surface area contributed by atoms with Crippen molar-refractivity contribution in [1.82, 2.24) is 10.3 Å². The van der Waals surface area contributed by atoms with Crippen LogP contribution in [0.25, 0.3) is 5.76 Å². The van der Waals surface area contributed by atoms with Gasteiger partial charge in [0.15, 0.2) is 11.4 Å². The van der Waals surface area contributed by atoms with Gasteiger partial charge in [-0.15, -0.1) is 0 Å². The number of phenols is 1. The number of nitrogens with zero attached hydrogens (tertiary/aromatic N) is 2. The van der Waals surface area contributed by atoms with Gasteiger partial charge in [0.05, 0.1) is 17.3 Å². The van der Waals surface area contributed by atoms with Crippen molar-refractivity contribution in [3.63, 3.8) is 0 Å². The minimum absolute atomic E-state index is 0.0251. The number of ketones is 2. The topological polar surface area (TPSA) is 186 Å². The Bertz CT molecular complexity index is 1350. The van der Waals surface area contributed by atoms with E-state index < -0.39 is 58.0 Å². The number of aromatic hydroxyl groups is 1. The number of nitrogens with two attached hydrogens (primary N) is 1. The molecule has 1 amide bonds. The van der Waals surface area contributed by atoms with Gasteiger partial charge < -0.3 is 31.6 Å². The molecule has 11 nitrogen and oxygen atoms in total. The predicted octanol–water partition coefficient (Wildman–Crippen LogP) is 1.08. The van der Waals surface area contributed by atoms with Crippen molar-refractivity contribution in [2.75, 3.05) is 14.1 Å². The number of carbonyl (C=O) groups is 3. The van der Waals surface area contributed by atoms with E-state index >= 15 is 0 Å². The third kappa shape index (κ3) is 3.97. The molecule has 0 radical (unpaired) electrons. The van der Waals surface area contributed by atoms with E-state index in [1.54, 1.807) is 27.1 Å². The molecule has 11 heteroatoms. The maximum absolute atomic E-state index is 13.9. The molecule has 0 spiro atoms. The van der Waals surface area contributed by atoms with Crippen LogP contribution in [0.4, 0.5) is 0 Å². The van der Waals surface area contributed by atoms with Gasteiger partial charge in [0.1, 0.15) is 22.8 Å². The Kier molecular flexibility index (Phi) is 6.44. The van der Waals surface area contributed by atoms with Crippen LogP contribution in [0.15, 0.2) is 34.1 Å². The fraction of sp³-hybridized carbons (Fsp3) is 0.481. The Morgan fingerprint density at radius 3 is 2.37 bits per heavy atom. The SMILES string of the molecule is C/C(=N\NC(C)(C)C)c1ccc(O)c2c1C[C@H]1C[C@H]3[C@H](N(C)C)C(=O)C(C(N)=O)=C(O)[C@@]3(O)C(=O)C1=C2O. The molecule has 3 aliphatic rings. The lowest BCUT2D eigenvalue weighted by molar-refractivity contribution is -0.153. The second kappa shape index (κ2) is 8.95. The number of Topliss-reactive ketones (excluding diaryl/α,β-unsaturated/α-hetero) is 2. The maximum Gasteiger partial charge on any atom is 0.255 e. The van der Waals surface area contributed by atoms with E-state index in [0.29, 0.717) is 16.8 Å². The van der Waals surface area contributed by atoms with E-state index in [4.69, 9.17) is 5.73 Å². The molecule has 1 fully saturated rings. The van der Waals surface area contributed by atoms with Crippen LogP contribution >= 0.6 is 0 Å². The number of amides is 1. The number of likely N-dealkylation sites (N-methyl/N-ethyl adjacent to an activating group) is 1. The highest BCUT2D eigenvalue weighted by atomic mass is 16.3. The lowest BCUT2D eigenvalue weighted by Crippen LogP contribution is -2.65. The highest BCUT2D eigenvalue weighted by Gasteiger charge is 2.64. The van der Waals surface area contributed by atoms with Crippen LogP contribution in [-0.2, 0) is 20.8 Å². The van der Waals surface area contributed by atoms with Crippen LogP contribution in [0.2, 0.25) is 0 Å². The fourth-order valence-corrected chi connectivity index (χ4v) is 5.89. The van der Waals surface area contributed by atoms with Gasteiger partial charge >= 0.3 is 0 Å². The number of aliphatic hydroxyl groups excluding tert-OH is 2. The molecule has 1 saturated carbocycles. The number of carbonyl (C=O) groups excluding carboxylic acids is 3. The molecule has 0 saturated heterocycles. The Labute approximate surface area is 220 Å². The Morgan fingerprint density at radius 2 is 1.82 bits per heavy atom. The number of hydrogen-bond acceptors (Lipinski definition) is 10. The molecule has 4 rings (SSSR count). The van der Waals surface area contributed by atoms with E-state index in [1.807, 2.05) is 20.8 Å². The second-order valence-electron chi connectivity index (χ2n) is 11.5. The molecular weight excluding hydrogens is 492 g/mol. The Morgan fingerprint density at radius 1 is 1.18 bits per heavy atom.